The summed E-state index contributed by atoms with van der Waals surface area (Å²) in [6.07, 6.45) is 5.11. The largest absolute Gasteiger partial charge is 0.477 e. The molecule has 1 saturated carbocycles. The van der Waals surface area contributed by atoms with E-state index in [1.54, 1.807) is 15.5 Å². The summed E-state index contributed by atoms with van der Waals surface area (Å²) in [5, 5.41) is 19.1. The molecular weight excluding hydrogens is 482 g/mol. The number of amides is 1. The number of aromatic carboxylic acids is 1. The molecule has 3 heterocycles. The van der Waals surface area contributed by atoms with E-state index in [1.807, 2.05) is 51.1 Å². The maximum Gasteiger partial charge on any atom is 0.341 e. The van der Waals surface area contributed by atoms with E-state index in [0.717, 1.165) is 36.9 Å². The minimum atomic E-state index is -1.12. The molecule has 38 heavy (non-hydrogen) atoms. The molecule has 198 valence electrons. The number of carbonyl (C=O) groups excluding carboxylic acids is 1. The minimum Gasteiger partial charge on any atom is -0.477 e. The summed E-state index contributed by atoms with van der Waals surface area (Å²) in [4.78, 5) is 31.8. The molecule has 0 bridgehead atoms. The lowest BCUT2D eigenvalue weighted by molar-refractivity contribution is -0.124. The fourth-order valence-electron chi connectivity index (χ4n) is 5.19. The monoisotopic (exact) mass is 515 g/mol. The molecule has 0 aliphatic heterocycles. The van der Waals surface area contributed by atoms with E-state index in [4.69, 9.17) is 5.73 Å². The van der Waals surface area contributed by atoms with Crippen LogP contribution >= 0.6 is 0 Å². The van der Waals surface area contributed by atoms with Crippen molar-refractivity contribution in [3.63, 3.8) is 0 Å². The van der Waals surface area contributed by atoms with E-state index in [0.29, 0.717) is 28.8 Å². The van der Waals surface area contributed by atoms with Gasteiger partial charge in [0.05, 0.1) is 11.4 Å². The van der Waals surface area contributed by atoms with Crippen LogP contribution in [-0.2, 0) is 4.79 Å². The number of aryl methyl sites for hydroxylation is 1. The van der Waals surface area contributed by atoms with Crippen molar-refractivity contribution in [2.45, 2.75) is 59.4 Å². The maximum absolute atomic E-state index is 13.5. The Morgan fingerprint density at radius 1 is 1.08 bits per heavy atom. The van der Waals surface area contributed by atoms with E-state index in [2.05, 4.69) is 22.1 Å². The van der Waals surface area contributed by atoms with Crippen molar-refractivity contribution >= 4 is 29.2 Å². The van der Waals surface area contributed by atoms with E-state index < -0.39 is 5.97 Å². The third-order valence-electron chi connectivity index (χ3n) is 7.28. The lowest BCUT2D eigenvalue weighted by Crippen LogP contribution is -2.43. The first-order valence-corrected chi connectivity index (χ1v) is 13.0. The Hall–Kier alpha value is -4.21. The molecule has 0 radical (unpaired) electrons. The summed E-state index contributed by atoms with van der Waals surface area (Å²) < 4.78 is 3.11. The van der Waals surface area contributed by atoms with Crippen molar-refractivity contribution in [1.29, 1.82) is 0 Å². The highest BCUT2D eigenvalue weighted by Crippen LogP contribution is 2.33. The van der Waals surface area contributed by atoms with Gasteiger partial charge in [-0.15, -0.1) is 5.10 Å². The van der Waals surface area contributed by atoms with Gasteiger partial charge in [-0.25, -0.2) is 14.5 Å². The highest BCUT2D eigenvalue weighted by molar-refractivity contribution is 6.01. The van der Waals surface area contributed by atoms with Gasteiger partial charge in [-0.1, -0.05) is 19.1 Å². The van der Waals surface area contributed by atoms with Gasteiger partial charge in [-0.05, 0) is 64.5 Å². The zero-order valence-electron chi connectivity index (χ0n) is 22.1. The average Bonchev–Trinajstić information content (AvgIpc) is 3.50. The Balaban J connectivity index is 1.46. The quantitative estimate of drug-likeness (QED) is 0.379. The number of nitrogen functional groups attached to an aromatic ring is 1. The van der Waals surface area contributed by atoms with Crippen LogP contribution in [0.15, 0.2) is 42.6 Å². The topological polar surface area (TPSA) is 132 Å². The SMILES string of the molecule is Cc1cc(N)n2nc(-c3ccc(-n4cc(C(=O)O)c(N(C(=O)C5CCC(C)CC5)C(C)C)n4)cc3)cc2n1. The second-order valence-corrected chi connectivity index (χ2v) is 10.5. The molecule has 1 amide bonds. The van der Waals surface area contributed by atoms with Crippen LogP contribution in [-0.4, -0.2) is 47.4 Å². The lowest BCUT2D eigenvalue weighted by Gasteiger charge is -2.32. The summed E-state index contributed by atoms with van der Waals surface area (Å²) in [5.41, 5.74) is 9.79. The zero-order chi connectivity index (χ0) is 27.1. The van der Waals surface area contributed by atoms with Gasteiger partial charge in [0.2, 0.25) is 5.91 Å². The number of benzene rings is 1. The van der Waals surface area contributed by atoms with Crippen LogP contribution in [0.3, 0.4) is 0 Å². The molecule has 0 unspecified atom stereocenters. The van der Waals surface area contributed by atoms with Crippen molar-refractivity contribution in [2.24, 2.45) is 11.8 Å². The Bertz CT molecular complexity index is 1490. The van der Waals surface area contributed by atoms with Gasteiger partial charge in [0.25, 0.3) is 0 Å². The van der Waals surface area contributed by atoms with Gasteiger partial charge in [-0.3, -0.25) is 9.69 Å². The summed E-state index contributed by atoms with van der Waals surface area (Å²) in [6.45, 7) is 7.87. The Morgan fingerprint density at radius 3 is 2.39 bits per heavy atom. The first kappa shape index (κ1) is 25.4. The van der Waals surface area contributed by atoms with Crippen LogP contribution in [0.25, 0.3) is 22.6 Å². The Morgan fingerprint density at radius 2 is 1.76 bits per heavy atom. The van der Waals surface area contributed by atoms with E-state index in [-0.39, 0.29) is 29.2 Å². The lowest BCUT2D eigenvalue weighted by atomic mass is 9.82. The number of nitrogens with two attached hydrogens (primary N) is 1. The highest BCUT2D eigenvalue weighted by atomic mass is 16.4. The summed E-state index contributed by atoms with van der Waals surface area (Å²) in [5.74, 6) is 0.0118. The minimum absolute atomic E-state index is 0.00225. The molecule has 1 aliphatic carbocycles. The average molecular weight is 516 g/mol. The number of carboxylic acids is 1. The second-order valence-electron chi connectivity index (χ2n) is 10.5. The molecular formula is C28H33N7O3. The predicted octanol–water partition coefficient (Wildman–Crippen LogP) is 4.74. The molecule has 1 aliphatic rings. The van der Waals surface area contributed by atoms with Crippen LogP contribution in [0, 0.1) is 18.8 Å². The first-order valence-electron chi connectivity index (χ1n) is 13.0. The van der Waals surface area contributed by atoms with Gasteiger partial charge < -0.3 is 10.8 Å². The smallest absolute Gasteiger partial charge is 0.341 e. The molecule has 4 aromatic rings. The van der Waals surface area contributed by atoms with Crippen molar-refractivity contribution in [1.82, 2.24) is 24.4 Å². The van der Waals surface area contributed by atoms with Crippen molar-refractivity contribution in [3.8, 4) is 16.9 Å². The molecule has 3 aromatic heterocycles. The van der Waals surface area contributed by atoms with Crippen molar-refractivity contribution in [2.75, 3.05) is 10.6 Å². The summed E-state index contributed by atoms with van der Waals surface area (Å²) in [6, 6.07) is 10.9. The molecule has 1 aromatic carbocycles. The highest BCUT2D eigenvalue weighted by Gasteiger charge is 2.34. The third-order valence-corrected chi connectivity index (χ3v) is 7.28. The van der Waals surface area contributed by atoms with E-state index in [9.17, 15) is 14.7 Å². The number of carbonyl (C=O) groups is 2. The fraction of sp³-hybridized carbons (Fsp3) is 0.393. The molecule has 1 fully saturated rings. The number of hydrogen-bond donors (Lipinski definition) is 2. The first-order chi connectivity index (χ1) is 18.1. The predicted molar refractivity (Wildman–Crippen MR) is 145 cm³/mol. The standard InChI is InChI=1S/C28H33N7O3/c1-16(2)34(27(36)20-7-5-17(3)6-8-20)26-22(28(37)38)15-33(32-26)21-11-9-19(10-12-21)23-14-25-30-18(4)13-24(29)35(25)31-23/h9-17,20H,5-8,29H2,1-4H3,(H,37,38). The molecule has 0 spiro atoms. The number of rotatable bonds is 6. The van der Waals surface area contributed by atoms with Gasteiger partial charge in [0.15, 0.2) is 11.5 Å². The van der Waals surface area contributed by atoms with Crippen LogP contribution in [0.2, 0.25) is 0 Å². The van der Waals surface area contributed by atoms with Gasteiger partial charge in [0.1, 0.15) is 11.4 Å². The molecule has 10 heteroatoms. The fourth-order valence-corrected chi connectivity index (χ4v) is 5.19. The van der Waals surface area contributed by atoms with E-state index in [1.165, 1.54) is 10.9 Å². The second kappa shape index (κ2) is 9.92. The molecule has 0 saturated heterocycles. The Kier molecular flexibility index (Phi) is 6.64. The number of fused-ring (bicyclic) bond motifs is 1. The van der Waals surface area contributed by atoms with Gasteiger partial charge in [-0.2, -0.15) is 9.61 Å². The molecule has 10 nitrogen and oxygen atoms in total. The number of hydrogen-bond acceptors (Lipinski definition) is 6. The molecule has 0 atom stereocenters. The summed E-state index contributed by atoms with van der Waals surface area (Å²) in [7, 11) is 0. The van der Waals surface area contributed by atoms with Crippen molar-refractivity contribution in [3.05, 3.63) is 53.9 Å². The zero-order valence-corrected chi connectivity index (χ0v) is 22.1. The van der Waals surface area contributed by atoms with E-state index >= 15 is 0 Å². The number of nitrogens with zero attached hydrogens (tertiary/aromatic N) is 6. The number of carboxylic acid groups (broad SMARTS) is 1. The molecule has 5 rings (SSSR count). The van der Waals surface area contributed by atoms with Crippen LogP contribution in [0.5, 0.6) is 0 Å². The number of aromatic nitrogens is 5. The normalized spacial score (nSPS) is 17.7. The Labute approximate surface area is 221 Å². The maximum atomic E-state index is 13.5. The third kappa shape index (κ3) is 4.73. The van der Waals surface area contributed by atoms with Crippen LogP contribution < -0.4 is 10.6 Å². The summed E-state index contributed by atoms with van der Waals surface area (Å²) >= 11 is 0. The molecule has 3 N–H and O–H groups in total. The van der Waals surface area contributed by atoms with Crippen molar-refractivity contribution < 1.29 is 14.7 Å². The van der Waals surface area contributed by atoms with Gasteiger partial charge in [0, 0.05) is 41.5 Å². The van der Waals surface area contributed by atoms with Gasteiger partial charge >= 0.3 is 5.97 Å². The van der Waals surface area contributed by atoms with Crippen LogP contribution in [0.4, 0.5) is 11.6 Å². The van der Waals surface area contributed by atoms with Crippen LogP contribution in [0.1, 0.15) is 62.5 Å². The number of anilines is 2.